The monoisotopic (exact) mass is 514 g/mol. The first-order valence-electron chi connectivity index (χ1n) is 12.9. The van der Waals surface area contributed by atoms with Crippen LogP contribution in [0.1, 0.15) is 47.2 Å². The minimum absolute atomic E-state index is 0.217. The lowest BCUT2D eigenvalue weighted by atomic mass is 9.68. The highest BCUT2D eigenvalue weighted by Crippen LogP contribution is 2.56. The molecule has 0 fully saturated rings. The fourth-order valence-electron chi connectivity index (χ4n) is 5.93. The van der Waals surface area contributed by atoms with Crippen LogP contribution in [0.5, 0.6) is 0 Å². The second-order valence-corrected chi connectivity index (χ2v) is 9.88. The number of para-hydroxylation sites is 2. The number of carbonyl (C=O) groups excluding carboxylic acids is 1. The summed E-state index contributed by atoms with van der Waals surface area (Å²) in [6.45, 7) is 0.463. The van der Waals surface area contributed by atoms with Crippen molar-refractivity contribution in [2.24, 2.45) is 0 Å². The van der Waals surface area contributed by atoms with Crippen LogP contribution < -0.4 is 0 Å². The van der Waals surface area contributed by atoms with Gasteiger partial charge in [-0.1, -0.05) is 97.1 Å². The molecule has 1 aromatic heterocycles. The average molecular weight is 515 g/mol. The fourth-order valence-corrected chi connectivity index (χ4v) is 5.93. The van der Waals surface area contributed by atoms with Crippen LogP contribution in [0, 0.1) is 0 Å². The van der Waals surface area contributed by atoms with Crippen molar-refractivity contribution in [2.75, 3.05) is 0 Å². The van der Waals surface area contributed by atoms with Crippen LogP contribution in [0.4, 0.5) is 0 Å². The number of rotatable bonds is 9. The van der Waals surface area contributed by atoms with E-state index in [-0.39, 0.29) is 6.42 Å². The number of ether oxygens (including phenoxy) is 1. The molecule has 1 aliphatic carbocycles. The van der Waals surface area contributed by atoms with E-state index in [1.807, 2.05) is 109 Å². The van der Waals surface area contributed by atoms with Gasteiger partial charge < -0.3 is 9.84 Å². The van der Waals surface area contributed by atoms with E-state index in [2.05, 4.69) is 0 Å². The second-order valence-electron chi connectivity index (χ2n) is 9.88. The third-order valence-corrected chi connectivity index (χ3v) is 7.70. The van der Waals surface area contributed by atoms with Crippen molar-refractivity contribution in [3.8, 4) is 11.3 Å². The topological polar surface area (TPSA) is 89.4 Å². The van der Waals surface area contributed by atoms with Gasteiger partial charge in [0.25, 0.3) is 6.47 Å². The molecule has 4 aromatic carbocycles. The molecule has 3 atom stereocenters. The number of fused-ring (bicyclic) bond motifs is 4. The Bertz CT molecular complexity index is 1660. The van der Waals surface area contributed by atoms with Crippen molar-refractivity contribution in [1.82, 2.24) is 9.97 Å². The first kappa shape index (κ1) is 24.5. The quantitative estimate of drug-likeness (QED) is 0.227. The largest absolute Gasteiger partial charge is 0.481 e. The van der Waals surface area contributed by atoms with Crippen molar-refractivity contribution in [1.29, 1.82) is 0 Å². The Kier molecular flexibility index (Phi) is 6.37. The lowest BCUT2D eigenvalue weighted by Crippen LogP contribution is -2.34. The Balaban J connectivity index is 1.61. The highest BCUT2D eigenvalue weighted by Gasteiger charge is 2.50. The number of nitrogens with zero attached hydrogens (tertiary/aromatic N) is 2. The molecule has 192 valence electrons. The molecule has 1 aliphatic rings. The Hall–Kier alpha value is -4.84. The summed E-state index contributed by atoms with van der Waals surface area (Å²) in [7, 11) is 0. The molecular weight excluding hydrogens is 488 g/mol. The second kappa shape index (κ2) is 10.1. The predicted octanol–water partition coefficient (Wildman–Crippen LogP) is 6.46. The molecule has 1 heterocycles. The van der Waals surface area contributed by atoms with Gasteiger partial charge in [-0.2, -0.15) is 0 Å². The molecular formula is C33H26N2O4. The molecule has 0 saturated heterocycles. The number of aliphatic carboxylic acids is 1. The Labute approximate surface area is 226 Å². The molecule has 6 rings (SSSR count). The van der Waals surface area contributed by atoms with E-state index in [1.165, 1.54) is 0 Å². The van der Waals surface area contributed by atoms with Gasteiger partial charge in [-0.15, -0.1) is 0 Å². The van der Waals surface area contributed by atoms with Gasteiger partial charge in [0.15, 0.2) is 0 Å². The van der Waals surface area contributed by atoms with Gasteiger partial charge in [0.1, 0.15) is 6.10 Å². The third-order valence-electron chi connectivity index (χ3n) is 7.70. The first-order chi connectivity index (χ1) is 19.1. The summed E-state index contributed by atoms with van der Waals surface area (Å²) in [5, 5.41) is 10.5. The Morgan fingerprint density at radius 3 is 2.03 bits per heavy atom. The Morgan fingerprint density at radius 1 is 0.769 bits per heavy atom. The molecule has 0 aliphatic heterocycles. The van der Waals surface area contributed by atoms with Gasteiger partial charge >= 0.3 is 5.97 Å². The standard InChI is InChI=1S/C33H26N2O4/c36-21-39-29(23-13-5-2-6-14-23)20-33(19-25(32(37)38)22-11-3-1-4-12-22)26-16-8-7-15-24(26)30-31(33)35-28-18-10-9-17-27(28)34-30/h1-18,21,25,29H,19-20H2,(H,37,38). The number of hydrogen-bond acceptors (Lipinski definition) is 5. The van der Waals surface area contributed by atoms with Crippen molar-refractivity contribution in [2.45, 2.75) is 30.3 Å². The van der Waals surface area contributed by atoms with E-state index in [0.717, 1.165) is 33.4 Å². The SMILES string of the molecule is O=COC(CC1(CC(C(=O)O)c2ccccc2)c2ccccc2-c2nc3ccccc3nc21)c1ccccc1. The summed E-state index contributed by atoms with van der Waals surface area (Å²) >= 11 is 0. The number of benzene rings is 4. The van der Waals surface area contributed by atoms with Crippen LogP contribution in [0.3, 0.4) is 0 Å². The fraction of sp³-hybridized carbons (Fsp3) is 0.152. The maximum atomic E-state index is 12.8. The van der Waals surface area contributed by atoms with Gasteiger partial charge in [-0.05, 0) is 35.2 Å². The molecule has 39 heavy (non-hydrogen) atoms. The van der Waals surface area contributed by atoms with Crippen LogP contribution in [0.25, 0.3) is 22.3 Å². The van der Waals surface area contributed by atoms with Gasteiger partial charge in [0, 0.05) is 17.4 Å². The smallest absolute Gasteiger partial charge is 0.311 e. The van der Waals surface area contributed by atoms with Gasteiger partial charge in [-0.3, -0.25) is 9.59 Å². The maximum Gasteiger partial charge on any atom is 0.311 e. The average Bonchev–Trinajstić information content (AvgIpc) is 3.24. The molecule has 5 aromatic rings. The van der Waals surface area contributed by atoms with Crippen LogP contribution in [-0.4, -0.2) is 27.5 Å². The van der Waals surface area contributed by atoms with Crippen LogP contribution in [0.15, 0.2) is 109 Å². The highest BCUT2D eigenvalue weighted by atomic mass is 16.5. The maximum absolute atomic E-state index is 12.8. The summed E-state index contributed by atoms with van der Waals surface area (Å²) in [4.78, 5) is 34.7. The van der Waals surface area contributed by atoms with E-state index >= 15 is 0 Å². The molecule has 6 heteroatoms. The molecule has 6 nitrogen and oxygen atoms in total. The van der Waals surface area contributed by atoms with E-state index in [9.17, 15) is 14.7 Å². The predicted molar refractivity (Wildman–Crippen MR) is 148 cm³/mol. The lowest BCUT2D eigenvalue weighted by molar-refractivity contribution is -0.140. The summed E-state index contributed by atoms with van der Waals surface area (Å²) in [6.07, 6.45) is -0.0978. The third kappa shape index (κ3) is 4.34. The van der Waals surface area contributed by atoms with Crippen molar-refractivity contribution in [3.63, 3.8) is 0 Å². The summed E-state index contributed by atoms with van der Waals surface area (Å²) in [6, 6.07) is 34.4. The molecule has 0 amide bonds. The lowest BCUT2D eigenvalue weighted by Gasteiger charge is -2.36. The van der Waals surface area contributed by atoms with E-state index in [0.29, 0.717) is 24.2 Å². The van der Waals surface area contributed by atoms with Crippen LogP contribution in [0.2, 0.25) is 0 Å². The van der Waals surface area contributed by atoms with Crippen LogP contribution in [-0.2, 0) is 19.7 Å². The van der Waals surface area contributed by atoms with Gasteiger partial charge in [-0.25, -0.2) is 9.97 Å². The molecule has 0 radical (unpaired) electrons. The van der Waals surface area contributed by atoms with E-state index < -0.39 is 23.4 Å². The number of carboxylic acid groups (broad SMARTS) is 1. The van der Waals surface area contributed by atoms with E-state index in [1.54, 1.807) is 0 Å². The molecule has 0 spiro atoms. The minimum Gasteiger partial charge on any atom is -0.481 e. The zero-order valence-corrected chi connectivity index (χ0v) is 21.1. The van der Waals surface area contributed by atoms with Crippen molar-refractivity contribution >= 4 is 23.5 Å². The van der Waals surface area contributed by atoms with Crippen molar-refractivity contribution in [3.05, 3.63) is 132 Å². The van der Waals surface area contributed by atoms with Crippen LogP contribution >= 0.6 is 0 Å². The summed E-state index contributed by atoms with van der Waals surface area (Å²) in [5.74, 6) is -1.75. The molecule has 0 bridgehead atoms. The first-order valence-corrected chi connectivity index (χ1v) is 12.9. The molecule has 3 unspecified atom stereocenters. The summed E-state index contributed by atoms with van der Waals surface area (Å²) in [5.41, 5.74) is 5.43. The normalized spacial score (nSPS) is 17.1. The number of hydrogen-bond donors (Lipinski definition) is 1. The number of carbonyl (C=O) groups is 2. The Morgan fingerprint density at radius 2 is 1.36 bits per heavy atom. The number of aromatic nitrogens is 2. The van der Waals surface area contributed by atoms with E-state index in [4.69, 9.17) is 14.7 Å². The van der Waals surface area contributed by atoms with Gasteiger partial charge in [0.05, 0.1) is 28.3 Å². The molecule has 1 N–H and O–H groups in total. The number of carboxylic acids is 1. The van der Waals surface area contributed by atoms with Gasteiger partial charge in [0.2, 0.25) is 0 Å². The summed E-state index contributed by atoms with van der Waals surface area (Å²) < 4.78 is 5.70. The zero-order chi connectivity index (χ0) is 26.8. The zero-order valence-electron chi connectivity index (χ0n) is 21.1. The minimum atomic E-state index is -0.923. The highest BCUT2D eigenvalue weighted by molar-refractivity contribution is 5.85. The molecule has 0 saturated carbocycles. The van der Waals surface area contributed by atoms with Crippen molar-refractivity contribution < 1.29 is 19.4 Å².